The number of hydrogen-bond donors (Lipinski definition) is 0. The van der Waals surface area contributed by atoms with Gasteiger partial charge in [-0.25, -0.2) is 0 Å². The average molecular weight is 364 g/mol. The van der Waals surface area contributed by atoms with Crippen LogP contribution in [0, 0.1) is 0 Å². The Morgan fingerprint density at radius 2 is 1.63 bits per heavy atom. The molecule has 142 valence electrons. The molecule has 1 aliphatic carbocycles. The number of hydrogen-bond acceptors (Lipinski definition) is 3. The minimum Gasteiger partial charge on any atom is -0.497 e. The Morgan fingerprint density at radius 3 is 2.41 bits per heavy atom. The maximum Gasteiger partial charge on any atom is 0.253 e. The Kier molecular flexibility index (Phi) is 5.33. The van der Waals surface area contributed by atoms with Gasteiger partial charge in [0, 0.05) is 37.4 Å². The summed E-state index contributed by atoms with van der Waals surface area (Å²) in [6, 6.07) is 14.5. The third-order valence-electron chi connectivity index (χ3n) is 5.82. The van der Waals surface area contributed by atoms with E-state index in [1.807, 2.05) is 23.1 Å². The second-order valence-corrected chi connectivity index (χ2v) is 7.52. The molecule has 0 saturated carbocycles. The van der Waals surface area contributed by atoms with Crippen LogP contribution in [-0.4, -0.2) is 44.1 Å². The van der Waals surface area contributed by atoms with Crippen LogP contribution in [0.5, 0.6) is 5.75 Å². The molecule has 0 aromatic heterocycles. The Bertz CT molecular complexity index is 801. The van der Waals surface area contributed by atoms with Gasteiger partial charge in [-0.3, -0.25) is 4.79 Å². The molecule has 2 aliphatic rings. The fourth-order valence-corrected chi connectivity index (χ4v) is 4.22. The minimum atomic E-state index is 0.181. The monoisotopic (exact) mass is 364 g/mol. The lowest BCUT2D eigenvalue weighted by atomic mass is 9.90. The van der Waals surface area contributed by atoms with Crippen molar-refractivity contribution in [2.75, 3.05) is 38.2 Å². The van der Waals surface area contributed by atoms with E-state index in [0.717, 1.165) is 56.8 Å². The quantitative estimate of drug-likeness (QED) is 0.827. The van der Waals surface area contributed by atoms with Crippen molar-refractivity contribution in [2.45, 2.75) is 32.1 Å². The van der Waals surface area contributed by atoms with Gasteiger partial charge in [-0.15, -0.1) is 0 Å². The molecule has 1 aliphatic heterocycles. The van der Waals surface area contributed by atoms with Crippen LogP contribution in [0.1, 0.15) is 40.7 Å². The fraction of sp³-hybridized carbons (Fsp3) is 0.435. The summed E-state index contributed by atoms with van der Waals surface area (Å²) in [7, 11) is 1.69. The molecule has 4 rings (SSSR count). The molecule has 2 aromatic carbocycles. The Hall–Kier alpha value is -2.49. The molecule has 1 amide bonds. The highest BCUT2D eigenvalue weighted by molar-refractivity contribution is 5.94. The van der Waals surface area contributed by atoms with E-state index in [2.05, 4.69) is 29.2 Å². The molecule has 0 N–H and O–H groups in total. The van der Waals surface area contributed by atoms with Gasteiger partial charge in [0.05, 0.1) is 7.11 Å². The van der Waals surface area contributed by atoms with Gasteiger partial charge in [-0.2, -0.15) is 0 Å². The lowest BCUT2D eigenvalue weighted by Crippen LogP contribution is -2.35. The van der Waals surface area contributed by atoms with Crippen LogP contribution in [-0.2, 0) is 12.8 Å². The summed E-state index contributed by atoms with van der Waals surface area (Å²) in [6.07, 6.45) is 5.77. The molecule has 0 bridgehead atoms. The predicted molar refractivity (Wildman–Crippen MR) is 109 cm³/mol. The summed E-state index contributed by atoms with van der Waals surface area (Å²) < 4.78 is 5.25. The summed E-state index contributed by atoms with van der Waals surface area (Å²) in [4.78, 5) is 17.4. The van der Waals surface area contributed by atoms with Crippen molar-refractivity contribution in [2.24, 2.45) is 0 Å². The number of carbonyl (C=O) groups excluding carboxylic acids is 1. The predicted octanol–water partition coefficient (Wildman–Crippen LogP) is 3.93. The minimum absolute atomic E-state index is 0.181. The second-order valence-electron chi connectivity index (χ2n) is 7.52. The van der Waals surface area contributed by atoms with E-state index >= 15 is 0 Å². The summed E-state index contributed by atoms with van der Waals surface area (Å²) in [6.45, 7) is 3.42. The lowest BCUT2D eigenvalue weighted by Gasteiger charge is -2.24. The molecular formula is C23H28N2O2. The van der Waals surface area contributed by atoms with Crippen LogP contribution in [0.4, 0.5) is 5.69 Å². The maximum atomic E-state index is 13.1. The summed E-state index contributed by atoms with van der Waals surface area (Å²) in [5, 5.41) is 0. The number of anilines is 1. The highest BCUT2D eigenvalue weighted by Gasteiger charge is 2.21. The standard InChI is InChI=1S/C23H28N2O2/c1-27-22-11-9-21(10-12-22)24-13-4-14-25(16-15-24)23(26)20-8-7-18-5-2-3-6-19(18)17-20/h7-12,17H,2-6,13-16H2,1H3. The second kappa shape index (κ2) is 8.03. The normalized spacial score (nSPS) is 17.2. The highest BCUT2D eigenvalue weighted by atomic mass is 16.5. The largest absolute Gasteiger partial charge is 0.497 e. The summed E-state index contributed by atoms with van der Waals surface area (Å²) in [5.41, 5.74) is 4.86. The van der Waals surface area contributed by atoms with Crippen LogP contribution in [0.3, 0.4) is 0 Å². The van der Waals surface area contributed by atoms with Crippen LogP contribution < -0.4 is 9.64 Å². The summed E-state index contributed by atoms with van der Waals surface area (Å²) >= 11 is 0. The van der Waals surface area contributed by atoms with Crippen molar-refractivity contribution in [1.82, 2.24) is 4.90 Å². The van der Waals surface area contributed by atoms with Gasteiger partial charge in [-0.1, -0.05) is 6.07 Å². The van der Waals surface area contributed by atoms with Gasteiger partial charge < -0.3 is 14.5 Å². The van der Waals surface area contributed by atoms with Crippen LogP contribution in [0.2, 0.25) is 0 Å². The first-order chi connectivity index (χ1) is 13.2. The molecule has 1 heterocycles. The van der Waals surface area contributed by atoms with Gasteiger partial charge in [0.1, 0.15) is 5.75 Å². The fourth-order valence-electron chi connectivity index (χ4n) is 4.22. The smallest absolute Gasteiger partial charge is 0.253 e. The third kappa shape index (κ3) is 3.95. The van der Waals surface area contributed by atoms with Gasteiger partial charge in [0.15, 0.2) is 0 Å². The zero-order chi connectivity index (χ0) is 18.6. The first kappa shape index (κ1) is 17.9. The first-order valence-corrected chi connectivity index (χ1v) is 10.0. The van der Waals surface area contributed by atoms with E-state index in [9.17, 15) is 4.79 Å². The van der Waals surface area contributed by atoms with Gasteiger partial charge in [-0.05, 0) is 79.6 Å². The number of benzene rings is 2. The number of ether oxygens (including phenoxy) is 1. The molecule has 1 saturated heterocycles. The van der Waals surface area contributed by atoms with Gasteiger partial charge >= 0.3 is 0 Å². The number of aryl methyl sites for hydroxylation is 2. The van der Waals surface area contributed by atoms with Crippen molar-refractivity contribution in [1.29, 1.82) is 0 Å². The van der Waals surface area contributed by atoms with Gasteiger partial charge in [0.25, 0.3) is 5.91 Å². The Morgan fingerprint density at radius 1 is 0.852 bits per heavy atom. The van der Waals surface area contributed by atoms with E-state index in [4.69, 9.17) is 4.74 Å². The van der Waals surface area contributed by atoms with E-state index in [0.29, 0.717) is 0 Å². The van der Waals surface area contributed by atoms with E-state index < -0.39 is 0 Å². The maximum absolute atomic E-state index is 13.1. The van der Waals surface area contributed by atoms with Crippen molar-refractivity contribution in [3.05, 3.63) is 59.2 Å². The molecule has 1 fully saturated rings. The Balaban J connectivity index is 1.43. The number of fused-ring (bicyclic) bond motifs is 1. The van der Waals surface area contributed by atoms with Crippen LogP contribution in [0.15, 0.2) is 42.5 Å². The average Bonchev–Trinajstić information content (AvgIpc) is 2.99. The number of amides is 1. The Labute approximate surface area is 161 Å². The molecule has 4 heteroatoms. The van der Waals surface area contributed by atoms with Gasteiger partial charge in [0.2, 0.25) is 0 Å². The number of carbonyl (C=O) groups is 1. The van der Waals surface area contributed by atoms with Crippen LogP contribution in [0.25, 0.3) is 0 Å². The zero-order valence-electron chi connectivity index (χ0n) is 16.1. The number of rotatable bonds is 3. The lowest BCUT2D eigenvalue weighted by molar-refractivity contribution is 0.0767. The number of nitrogens with zero attached hydrogens (tertiary/aromatic N) is 2. The molecule has 2 aromatic rings. The molecule has 0 spiro atoms. The molecule has 0 unspecified atom stereocenters. The molecule has 4 nitrogen and oxygen atoms in total. The van der Waals surface area contributed by atoms with E-state index in [-0.39, 0.29) is 5.91 Å². The van der Waals surface area contributed by atoms with Crippen molar-refractivity contribution < 1.29 is 9.53 Å². The van der Waals surface area contributed by atoms with E-state index in [1.165, 1.54) is 29.7 Å². The molecular weight excluding hydrogens is 336 g/mol. The molecule has 0 atom stereocenters. The first-order valence-electron chi connectivity index (χ1n) is 10.0. The highest BCUT2D eigenvalue weighted by Crippen LogP contribution is 2.24. The van der Waals surface area contributed by atoms with Crippen LogP contribution >= 0.6 is 0 Å². The topological polar surface area (TPSA) is 32.8 Å². The van der Waals surface area contributed by atoms with Crippen molar-refractivity contribution in [3.8, 4) is 5.75 Å². The number of methoxy groups -OCH3 is 1. The van der Waals surface area contributed by atoms with Crippen molar-refractivity contribution in [3.63, 3.8) is 0 Å². The molecule has 0 radical (unpaired) electrons. The van der Waals surface area contributed by atoms with Crippen molar-refractivity contribution >= 4 is 11.6 Å². The SMILES string of the molecule is COc1ccc(N2CCCN(C(=O)c3ccc4c(c3)CCCC4)CC2)cc1. The third-order valence-corrected chi connectivity index (χ3v) is 5.82. The van der Waals surface area contributed by atoms with E-state index in [1.54, 1.807) is 7.11 Å². The molecule has 27 heavy (non-hydrogen) atoms. The zero-order valence-corrected chi connectivity index (χ0v) is 16.1. The summed E-state index contributed by atoms with van der Waals surface area (Å²) in [5.74, 6) is 1.05.